The van der Waals surface area contributed by atoms with Gasteiger partial charge >= 0.3 is 16.3 Å². The van der Waals surface area contributed by atoms with Crippen molar-refractivity contribution >= 4 is 22.2 Å². The summed E-state index contributed by atoms with van der Waals surface area (Å²) in [5.41, 5.74) is 2.30. The predicted molar refractivity (Wildman–Crippen MR) is 109 cm³/mol. The minimum absolute atomic E-state index is 0.0697. The summed E-state index contributed by atoms with van der Waals surface area (Å²) in [6.45, 7) is 0. The van der Waals surface area contributed by atoms with Crippen LogP contribution >= 0.6 is 0 Å². The predicted octanol–water partition coefficient (Wildman–Crippen LogP) is 3.56. The number of hydrazone groups is 1. The number of aromatic nitrogens is 1. The molecule has 0 saturated carbocycles. The summed E-state index contributed by atoms with van der Waals surface area (Å²) >= 11 is 0. The third-order valence-corrected chi connectivity index (χ3v) is 5.34. The van der Waals surface area contributed by atoms with Gasteiger partial charge in [-0.1, -0.05) is 12.1 Å². The Bertz CT molecular complexity index is 1210. The molecule has 0 radical (unpaired) electrons. The Kier molecular flexibility index (Phi) is 6.89. The van der Waals surface area contributed by atoms with Gasteiger partial charge in [0.05, 0.1) is 18.2 Å². The molecule has 7 nitrogen and oxygen atoms in total. The largest absolute Gasteiger partial charge is 0.416 e. The molecule has 3 aromatic rings. The maximum absolute atomic E-state index is 12.7. The average Bonchev–Trinajstić information content (AvgIpc) is 2.75. The standard InChI is InChI=1S/C21H16F3N3O4S/c22-21(23,24)17-5-7-18(8-6-17)32(29,30)31-19-4-2-1-3-16(19)14-26-27-20(28)13-15-9-11-25-12-10-15/h1-12,14H,13H2,(H,27,28). The zero-order valence-electron chi connectivity index (χ0n) is 16.3. The summed E-state index contributed by atoms with van der Waals surface area (Å²) in [6.07, 6.45) is -0.219. The highest BCUT2D eigenvalue weighted by Crippen LogP contribution is 2.30. The van der Waals surface area contributed by atoms with Crippen molar-refractivity contribution in [3.63, 3.8) is 0 Å². The number of alkyl halides is 3. The number of hydrogen-bond acceptors (Lipinski definition) is 6. The van der Waals surface area contributed by atoms with Crippen LogP contribution in [-0.4, -0.2) is 25.5 Å². The highest BCUT2D eigenvalue weighted by atomic mass is 32.2. The van der Waals surface area contributed by atoms with E-state index >= 15 is 0 Å². The number of amides is 1. The highest BCUT2D eigenvalue weighted by molar-refractivity contribution is 7.87. The van der Waals surface area contributed by atoms with Crippen LogP contribution in [0.4, 0.5) is 13.2 Å². The number of para-hydroxylation sites is 1. The second-order valence-corrected chi connectivity index (χ2v) is 7.97. The zero-order valence-corrected chi connectivity index (χ0v) is 17.1. The third kappa shape index (κ3) is 6.14. The molecule has 1 aromatic heterocycles. The number of nitrogens with one attached hydrogen (secondary N) is 1. The SMILES string of the molecule is O=C(Cc1ccncc1)NN=Cc1ccccc1OS(=O)(=O)c1ccc(C(F)(F)F)cc1. The van der Waals surface area contributed by atoms with Gasteiger partial charge in [-0.05, 0) is 54.1 Å². The van der Waals surface area contributed by atoms with Crippen LogP contribution in [0.15, 0.2) is 83.1 Å². The molecule has 32 heavy (non-hydrogen) atoms. The Morgan fingerprint density at radius 2 is 1.69 bits per heavy atom. The van der Waals surface area contributed by atoms with Crippen molar-refractivity contribution in [2.75, 3.05) is 0 Å². The minimum atomic E-state index is -4.59. The van der Waals surface area contributed by atoms with Crippen molar-refractivity contribution < 1.29 is 30.6 Å². The van der Waals surface area contributed by atoms with Crippen LogP contribution in [0.3, 0.4) is 0 Å². The van der Waals surface area contributed by atoms with Crippen LogP contribution in [0, 0.1) is 0 Å². The quantitative estimate of drug-likeness (QED) is 0.328. The molecule has 0 aliphatic rings. The molecule has 166 valence electrons. The second kappa shape index (κ2) is 9.60. The van der Waals surface area contributed by atoms with E-state index in [1.807, 2.05) is 0 Å². The molecule has 0 unspecified atom stereocenters. The van der Waals surface area contributed by atoms with E-state index in [1.165, 1.54) is 24.4 Å². The number of carbonyl (C=O) groups excluding carboxylic acids is 1. The summed E-state index contributed by atoms with van der Waals surface area (Å²) < 4.78 is 68.1. The third-order valence-electron chi connectivity index (χ3n) is 4.10. The highest BCUT2D eigenvalue weighted by Gasteiger charge is 2.31. The maximum atomic E-state index is 12.7. The number of benzene rings is 2. The lowest BCUT2D eigenvalue weighted by Gasteiger charge is -2.11. The molecule has 0 saturated heterocycles. The van der Waals surface area contributed by atoms with Crippen molar-refractivity contribution in [3.8, 4) is 5.75 Å². The summed E-state index contributed by atoms with van der Waals surface area (Å²) in [6, 6.07) is 12.2. The number of nitrogens with zero attached hydrogens (tertiary/aromatic N) is 2. The van der Waals surface area contributed by atoms with E-state index in [2.05, 4.69) is 15.5 Å². The van der Waals surface area contributed by atoms with Gasteiger partial charge in [-0.25, -0.2) is 5.43 Å². The monoisotopic (exact) mass is 463 g/mol. The summed E-state index contributed by atoms with van der Waals surface area (Å²) in [7, 11) is -4.40. The molecule has 1 heterocycles. The molecule has 3 rings (SSSR count). The molecular formula is C21H16F3N3O4S. The molecule has 1 amide bonds. The fraction of sp³-hybridized carbons (Fsp3) is 0.0952. The number of pyridine rings is 1. The molecule has 0 spiro atoms. The van der Waals surface area contributed by atoms with Crippen LogP contribution in [0.25, 0.3) is 0 Å². The molecule has 0 aliphatic heterocycles. The number of halogens is 3. The van der Waals surface area contributed by atoms with E-state index in [0.717, 1.165) is 17.7 Å². The smallest absolute Gasteiger partial charge is 0.378 e. The Labute approximate surface area is 181 Å². The van der Waals surface area contributed by atoms with Crippen LogP contribution in [-0.2, 0) is 27.5 Å². The van der Waals surface area contributed by atoms with Crippen molar-refractivity contribution in [1.82, 2.24) is 10.4 Å². The number of rotatable bonds is 7. The molecule has 1 N–H and O–H groups in total. The normalized spacial score (nSPS) is 12.0. The van der Waals surface area contributed by atoms with Crippen LogP contribution in [0.5, 0.6) is 5.75 Å². The van der Waals surface area contributed by atoms with E-state index < -0.39 is 32.7 Å². The van der Waals surface area contributed by atoms with Gasteiger partial charge in [0, 0.05) is 18.0 Å². The Balaban J connectivity index is 1.70. The van der Waals surface area contributed by atoms with E-state index in [-0.39, 0.29) is 17.7 Å². The lowest BCUT2D eigenvalue weighted by molar-refractivity contribution is -0.137. The maximum Gasteiger partial charge on any atom is 0.416 e. The summed E-state index contributed by atoms with van der Waals surface area (Å²) in [5.74, 6) is -0.511. The molecule has 0 bridgehead atoms. The fourth-order valence-corrected chi connectivity index (χ4v) is 3.49. The van der Waals surface area contributed by atoms with E-state index in [9.17, 15) is 26.4 Å². The summed E-state index contributed by atoms with van der Waals surface area (Å²) in [4.78, 5) is 15.4. The average molecular weight is 463 g/mol. The first-order chi connectivity index (χ1) is 15.1. The van der Waals surface area contributed by atoms with Gasteiger partial charge in [-0.15, -0.1) is 0 Å². The molecule has 0 fully saturated rings. The molecule has 11 heteroatoms. The van der Waals surface area contributed by atoms with Gasteiger partial charge in [0.25, 0.3) is 0 Å². The Morgan fingerprint density at radius 3 is 2.34 bits per heavy atom. The lowest BCUT2D eigenvalue weighted by Crippen LogP contribution is -2.19. The first-order valence-electron chi connectivity index (χ1n) is 9.07. The first-order valence-corrected chi connectivity index (χ1v) is 10.5. The zero-order chi connectivity index (χ0) is 23.2. The van der Waals surface area contributed by atoms with E-state index in [1.54, 1.807) is 30.6 Å². The van der Waals surface area contributed by atoms with Gasteiger partial charge in [-0.3, -0.25) is 9.78 Å². The van der Waals surface area contributed by atoms with Gasteiger partial charge in [0.15, 0.2) is 5.75 Å². The molecule has 0 atom stereocenters. The fourth-order valence-electron chi connectivity index (χ4n) is 2.54. The first kappa shape index (κ1) is 22.9. The molecular weight excluding hydrogens is 447 g/mol. The van der Waals surface area contributed by atoms with Gasteiger partial charge in [0.1, 0.15) is 4.90 Å². The van der Waals surface area contributed by atoms with Gasteiger partial charge in [0.2, 0.25) is 5.91 Å². The molecule has 0 aliphatic carbocycles. The van der Waals surface area contributed by atoms with Gasteiger partial charge in [-0.2, -0.15) is 26.7 Å². The van der Waals surface area contributed by atoms with Crippen molar-refractivity contribution in [1.29, 1.82) is 0 Å². The van der Waals surface area contributed by atoms with Crippen molar-refractivity contribution in [3.05, 3.63) is 89.7 Å². The van der Waals surface area contributed by atoms with Crippen molar-refractivity contribution in [2.24, 2.45) is 5.10 Å². The number of hydrogen-bond donors (Lipinski definition) is 1. The van der Waals surface area contributed by atoms with E-state index in [4.69, 9.17) is 4.18 Å². The second-order valence-electron chi connectivity index (χ2n) is 6.42. The number of carbonyl (C=O) groups is 1. The van der Waals surface area contributed by atoms with Crippen LogP contribution < -0.4 is 9.61 Å². The topological polar surface area (TPSA) is 97.7 Å². The Morgan fingerprint density at radius 1 is 1.03 bits per heavy atom. The van der Waals surface area contributed by atoms with Crippen molar-refractivity contribution in [2.45, 2.75) is 17.5 Å². The minimum Gasteiger partial charge on any atom is -0.378 e. The van der Waals surface area contributed by atoms with Crippen LogP contribution in [0.1, 0.15) is 16.7 Å². The van der Waals surface area contributed by atoms with Crippen LogP contribution in [0.2, 0.25) is 0 Å². The van der Waals surface area contributed by atoms with E-state index in [0.29, 0.717) is 12.1 Å². The molecule has 2 aromatic carbocycles. The summed E-state index contributed by atoms with van der Waals surface area (Å²) in [5, 5.41) is 3.80. The Hall–Kier alpha value is -3.73. The van der Waals surface area contributed by atoms with Gasteiger partial charge < -0.3 is 4.18 Å². The lowest BCUT2D eigenvalue weighted by atomic mass is 10.2.